The Labute approximate surface area is 142 Å². The first-order valence-electron chi connectivity index (χ1n) is 7.96. The zero-order chi connectivity index (χ0) is 17.3. The molecular weight excluding hydrogens is 318 g/mol. The summed E-state index contributed by atoms with van der Waals surface area (Å²) in [5, 5.41) is 6.24. The Morgan fingerprint density at radius 2 is 2.09 bits per heavy atom. The molecule has 0 saturated heterocycles. The molecule has 0 fully saturated rings. The number of carbonyl (C=O) groups is 2. The average Bonchev–Trinajstić information content (AvgIpc) is 3.02. The molecule has 0 radical (unpaired) electrons. The largest absolute Gasteiger partial charge is 0.363 e. The number of carbonyl (C=O) groups excluding carboxylic acids is 2. The summed E-state index contributed by atoms with van der Waals surface area (Å²) in [5.41, 5.74) is -0.694. The van der Waals surface area contributed by atoms with Crippen LogP contribution in [-0.2, 0) is 9.59 Å². The van der Waals surface area contributed by atoms with Crippen molar-refractivity contribution in [2.24, 2.45) is 5.41 Å². The van der Waals surface area contributed by atoms with Gasteiger partial charge < -0.3 is 14.7 Å². The zero-order valence-electron chi connectivity index (χ0n) is 14.1. The summed E-state index contributed by atoms with van der Waals surface area (Å²) in [7, 11) is 0. The van der Waals surface area contributed by atoms with Crippen LogP contribution >= 0.6 is 11.6 Å². The van der Waals surface area contributed by atoms with Crippen LogP contribution in [0.25, 0.3) is 0 Å². The van der Waals surface area contributed by atoms with Crippen molar-refractivity contribution in [1.29, 1.82) is 0 Å². The second-order valence-corrected chi connectivity index (χ2v) is 6.51. The third kappa shape index (κ3) is 6.60. The molecule has 1 aromatic rings. The van der Waals surface area contributed by atoms with Gasteiger partial charge in [-0.25, -0.2) is 0 Å². The smallest absolute Gasteiger partial charge is 0.245 e. The number of rotatable bonds is 10. The fraction of sp³-hybridized carbons (Fsp3) is 0.688. The molecular formula is C16H26ClN3O3. The van der Waals surface area contributed by atoms with Crippen molar-refractivity contribution in [2.45, 2.75) is 46.5 Å². The fourth-order valence-corrected chi connectivity index (χ4v) is 2.21. The van der Waals surface area contributed by atoms with Crippen LogP contribution in [0.4, 0.5) is 5.82 Å². The van der Waals surface area contributed by atoms with Gasteiger partial charge in [0.15, 0.2) is 5.82 Å². The van der Waals surface area contributed by atoms with Crippen molar-refractivity contribution in [1.82, 2.24) is 10.1 Å². The molecule has 23 heavy (non-hydrogen) atoms. The molecule has 2 amide bonds. The van der Waals surface area contributed by atoms with Crippen molar-refractivity contribution in [3.8, 4) is 0 Å². The van der Waals surface area contributed by atoms with Gasteiger partial charge >= 0.3 is 0 Å². The van der Waals surface area contributed by atoms with Gasteiger partial charge in [-0.3, -0.25) is 9.59 Å². The molecule has 130 valence electrons. The summed E-state index contributed by atoms with van der Waals surface area (Å²) in [6, 6.07) is 1.55. The lowest BCUT2D eigenvalue weighted by atomic mass is 9.94. The highest BCUT2D eigenvalue weighted by atomic mass is 35.5. The van der Waals surface area contributed by atoms with Crippen molar-refractivity contribution >= 4 is 29.2 Å². The Morgan fingerprint density at radius 1 is 1.35 bits per heavy atom. The van der Waals surface area contributed by atoms with Gasteiger partial charge in [0.1, 0.15) is 6.26 Å². The summed E-state index contributed by atoms with van der Waals surface area (Å²) in [5.74, 6) is 0.139. The highest BCUT2D eigenvalue weighted by molar-refractivity contribution is 6.19. The summed E-state index contributed by atoms with van der Waals surface area (Å²) < 4.78 is 4.67. The number of amides is 2. The molecule has 0 aliphatic carbocycles. The first kappa shape index (κ1) is 19.5. The summed E-state index contributed by atoms with van der Waals surface area (Å²) in [4.78, 5) is 26.3. The second-order valence-electron chi connectivity index (χ2n) is 6.24. The number of nitrogens with zero attached hydrogens (tertiary/aromatic N) is 2. The van der Waals surface area contributed by atoms with Gasteiger partial charge in [-0.05, 0) is 20.3 Å². The molecule has 0 saturated carbocycles. The Hall–Kier alpha value is -1.56. The van der Waals surface area contributed by atoms with E-state index in [-0.39, 0.29) is 24.2 Å². The normalized spacial score (nSPS) is 11.3. The van der Waals surface area contributed by atoms with Crippen molar-refractivity contribution in [3.63, 3.8) is 0 Å². The molecule has 0 spiro atoms. The van der Waals surface area contributed by atoms with Gasteiger partial charge in [-0.1, -0.05) is 31.3 Å². The van der Waals surface area contributed by atoms with Crippen molar-refractivity contribution in [2.75, 3.05) is 24.3 Å². The third-order valence-electron chi connectivity index (χ3n) is 3.52. The molecule has 0 aliphatic heterocycles. The van der Waals surface area contributed by atoms with Crippen LogP contribution < -0.4 is 5.32 Å². The van der Waals surface area contributed by atoms with Crippen LogP contribution in [0.15, 0.2) is 16.9 Å². The molecule has 7 heteroatoms. The number of halogens is 1. The lowest BCUT2D eigenvalue weighted by Gasteiger charge is -2.30. The molecule has 1 N–H and O–H groups in total. The number of nitrogens with one attached hydrogen (secondary N) is 1. The number of alkyl halides is 1. The minimum atomic E-state index is -0.694. The lowest BCUT2D eigenvalue weighted by molar-refractivity contribution is -0.141. The van der Waals surface area contributed by atoms with Crippen LogP contribution in [-0.4, -0.2) is 40.8 Å². The van der Waals surface area contributed by atoms with E-state index in [2.05, 4.69) is 21.9 Å². The molecule has 0 aromatic carbocycles. The third-order valence-corrected chi connectivity index (χ3v) is 4.19. The van der Waals surface area contributed by atoms with E-state index >= 15 is 0 Å². The Balaban J connectivity index is 2.65. The lowest BCUT2D eigenvalue weighted by Crippen LogP contribution is -2.46. The van der Waals surface area contributed by atoms with Gasteiger partial charge in [0.25, 0.3) is 0 Å². The minimum Gasteiger partial charge on any atom is -0.363 e. The quantitative estimate of drug-likeness (QED) is 0.522. The van der Waals surface area contributed by atoms with E-state index in [4.69, 9.17) is 11.6 Å². The van der Waals surface area contributed by atoms with Crippen LogP contribution in [0.1, 0.15) is 46.5 Å². The molecule has 1 heterocycles. The SMILES string of the molecule is CCCCCCN(CC(=O)Nc1ccon1)C(=O)C(C)(C)CCl. The number of aromatic nitrogens is 1. The van der Waals surface area contributed by atoms with Gasteiger partial charge in [0, 0.05) is 18.5 Å². The maximum Gasteiger partial charge on any atom is 0.245 e. The number of hydrogen-bond donors (Lipinski definition) is 1. The average molecular weight is 344 g/mol. The van der Waals surface area contributed by atoms with E-state index in [1.165, 1.54) is 6.26 Å². The van der Waals surface area contributed by atoms with Gasteiger partial charge in [0.05, 0.1) is 12.0 Å². The number of hydrogen-bond acceptors (Lipinski definition) is 4. The molecule has 1 aromatic heterocycles. The molecule has 0 aliphatic rings. The van der Waals surface area contributed by atoms with E-state index in [1.54, 1.807) is 24.8 Å². The van der Waals surface area contributed by atoms with Crippen molar-refractivity contribution < 1.29 is 14.1 Å². The second kappa shape index (κ2) is 9.55. The van der Waals surface area contributed by atoms with Crippen LogP contribution in [0.5, 0.6) is 0 Å². The van der Waals surface area contributed by atoms with Gasteiger partial charge in [0.2, 0.25) is 11.8 Å². The standard InChI is InChI=1S/C16H26ClN3O3/c1-4-5-6-7-9-20(15(22)16(2,3)12-17)11-14(21)18-13-8-10-23-19-13/h8,10H,4-7,9,11-12H2,1-3H3,(H,18,19,21). The van der Waals surface area contributed by atoms with Crippen molar-refractivity contribution in [3.05, 3.63) is 12.3 Å². The van der Waals surface area contributed by atoms with Gasteiger partial charge in [-0.2, -0.15) is 0 Å². The zero-order valence-corrected chi connectivity index (χ0v) is 14.9. The van der Waals surface area contributed by atoms with Gasteiger partial charge in [-0.15, -0.1) is 11.6 Å². The molecule has 0 bridgehead atoms. The molecule has 1 rings (SSSR count). The van der Waals surface area contributed by atoms with E-state index in [0.29, 0.717) is 12.4 Å². The first-order valence-corrected chi connectivity index (χ1v) is 8.49. The Kier molecular flexibility index (Phi) is 8.09. The van der Waals surface area contributed by atoms with E-state index in [9.17, 15) is 9.59 Å². The maximum atomic E-state index is 12.6. The molecule has 0 atom stereocenters. The van der Waals surface area contributed by atoms with E-state index in [1.807, 2.05) is 0 Å². The summed E-state index contributed by atoms with van der Waals surface area (Å²) in [6.07, 6.45) is 5.52. The monoisotopic (exact) mass is 343 g/mol. The Bertz CT molecular complexity index is 489. The maximum absolute atomic E-state index is 12.6. The predicted octanol–water partition coefficient (Wildman–Crippen LogP) is 3.29. The van der Waals surface area contributed by atoms with Crippen LogP contribution in [0.2, 0.25) is 0 Å². The fourth-order valence-electron chi connectivity index (χ4n) is 2.10. The molecule has 0 unspecified atom stereocenters. The highest BCUT2D eigenvalue weighted by Crippen LogP contribution is 2.21. The predicted molar refractivity (Wildman–Crippen MR) is 90.4 cm³/mol. The molecule has 6 nitrogen and oxygen atoms in total. The number of unbranched alkanes of at least 4 members (excludes halogenated alkanes) is 3. The first-order chi connectivity index (χ1) is 10.9. The highest BCUT2D eigenvalue weighted by Gasteiger charge is 2.32. The summed E-state index contributed by atoms with van der Waals surface area (Å²) in [6.45, 7) is 6.24. The minimum absolute atomic E-state index is 0.0157. The van der Waals surface area contributed by atoms with Crippen LogP contribution in [0, 0.1) is 5.41 Å². The van der Waals surface area contributed by atoms with Crippen LogP contribution in [0.3, 0.4) is 0 Å². The Morgan fingerprint density at radius 3 is 2.65 bits per heavy atom. The van der Waals surface area contributed by atoms with E-state index < -0.39 is 5.41 Å². The number of anilines is 1. The summed E-state index contributed by atoms with van der Waals surface area (Å²) >= 11 is 5.90. The topological polar surface area (TPSA) is 75.4 Å². The van der Waals surface area contributed by atoms with E-state index in [0.717, 1.165) is 25.7 Å².